The van der Waals surface area contributed by atoms with Crippen LogP contribution in [-0.4, -0.2) is 37.7 Å². The van der Waals surface area contributed by atoms with Gasteiger partial charge in [0.05, 0.1) is 13.2 Å². The highest BCUT2D eigenvalue weighted by molar-refractivity contribution is 5.47. The number of likely N-dealkylation sites (tertiary alicyclic amines) is 1. The molecular weight excluding hydrogens is 429 g/mol. The third-order valence-electron chi connectivity index (χ3n) is 7.67. The van der Waals surface area contributed by atoms with Gasteiger partial charge in [0.2, 0.25) is 0 Å². The number of nitrogens with zero attached hydrogens (tertiary/aromatic N) is 1. The molecule has 0 unspecified atom stereocenters. The Hall–Kier alpha value is -2.73. The van der Waals surface area contributed by atoms with Gasteiger partial charge in [0.15, 0.2) is 5.79 Å². The highest BCUT2D eigenvalue weighted by atomic mass is 19.1. The van der Waals surface area contributed by atoms with Crippen molar-refractivity contribution in [1.29, 1.82) is 0 Å². The zero-order valence-electron chi connectivity index (χ0n) is 19.3. The fraction of sp³-hybridized carbons (Fsp3) is 0.379. The molecule has 2 fully saturated rings. The van der Waals surface area contributed by atoms with Crippen LogP contribution in [0.5, 0.6) is 5.75 Å². The summed E-state index contributed by atoms with van der Waals surface area (Å²) >= 11 is 0. The number of para-hydroxylation sites is 1. The Kier molecular flexibility index (Phi) is 5.64. The third kappa shape index (κ3) is 3.72. The topological polar surface area (TPSA) is 30.9 Å². The molecule has 34 heavy (non-hydrogen) atoms. The molecule has 3 aliphatic rings. The fourth-order valence-electron chi connectivity index (χ4n) is 6.00. The van der Waals surface area contributed by atoms with Crippen molar-refractivity contribution in [3.05, 3.63) is 101 Å². The van der Waals surface area contributed by atoms with E-state index in [1.54, 1.807) is 12.1 Å². The van der Waals surface area contributed by atoms with Crippen LogP contribution in [0.1, 0.15) is 41.9 Å². The molecule has 3 aromatic rings. The molecule has 3 heterocycles. The Bertz CT molecular complexity index is 1130. The average Bonchev–Trinajstić information content (AvgIpc) is 3.49. The van der Waals surface area contributed by atoms with E-state index in [-0.39, 0.29) is 11.4 Å². The van der Waals surface area contributed by atoms with Gasteiger partial charge in [0.25, 0.3) is 0 Å². The number of rotatable bonds is 6. The summed E-state index contributed by atoms with van der Waals surface area (Å²) in [5.74, 6) is 0.303. The zero-order valence-corrected chi connectivity index (χ0v) is 19.3. The smallest absolute Gasteiger partial charge is 0.195 e. The standard InChI is InChI=1S/C29H30FNO3/c30-24-13-11-23(12-14-24)29(32-19-20-33-29)15-6-17-31-18-16-28(22-7-2-1-3-8-22)26(21-31)25-9-4-5-10-27(25)34-28/h1-5,7-14,26H,6,15-21H2/t26-,28+/m1/s1. The minimum Gasteiger partial charge on any atom is -0.482 e. The molecule has 0 radical (unpaired) electrons. The van der Waals surface area contributed by atoms with E-state index in [1.165, 1.54) is 23.3 Å². The number of hydrogen-bond donors (Lipinski definition) is 0. The van der Waals surface area contributed by atoms with Gasteiger partial charge in [-0.2, -0.15) is 0 Å². The maximum atomic E-state index is 13.5. The van der Waals surface area contributed by atoms with E-state index < -0.39 is 5.79 Å². The van der Waals surface area contributed by atoms with Crippen molar-refractivity contribution in [3.63, 3.8) is 0 Å². The molecule has 0 amide bonds. The number of ether oxygens (including phenoxy) is 3. The lowest BCUT2D eigenvalue weighted by molar-refractivity contribution is -0.172. The molecular formula is C29H30FNO3. The van der Waals surface area contributed by atoms with Gasteiger partial charge in [-0.15, -0.1) is 0 Å². The lowest BCUT2D eigenvalue weighted by Gasteiger charge is -2.43. The molecule has 176 valence electrons. The van der Waals surface area contributed by atoms with E-state index in [0.717, 1.165) is 50.2 Å². The number of piperidine rings is 1. The molecule has 2 atom stereocenters. The third-order valence-corrected chi connectivity index (χ3v) is 7.67. The largest absolute Gasteiger partial charge is 0.482 e. The molecule has 0 bridgehead atoms. The summed E-state index contributed by atoms with van der Waals surface area (Å²) in [5.41, 5.74) is 3.17. The van der Waals surface area contributed by atoms with Gasteiger partial charge in [-0.25, -0.2) is 4.39 Å². The molecule has 0 aromatic heterocycles. The zero-order chi connectivity index (χ0) is 23.0. The van der Waals surface area contributed by atoms with Crippen LogP contribution >= 0.6 is 0 Å². The molecule has 3 aliphatic heterocycles. The van der Waals surface area contributed by atoms with Crippen LogP contribution in [0.25, 0.3) is 0 Å². The summed E-state index contributed by atoms with van der Waals surface area (Å²) in [5, 5.41) is 0. The summed E-state index contributed by atoms with van der Waals surface area (Å²) < 4.78 is 32.3. The van der Waals surface area contributed by atoms with Gasteiger partial charge in [0.1, 0.15) is 17.2 Å². The summed E-state index contributed by atoms with van der Waals surface area (Å²) in [4.78, 5) is 2.55. The van der Waals surface area contributed by atoms with Crippen LogP contribution in [-0.2, 0) is 20.9 Å². The predicted octanol–water partition coefficient (Wildman–Crippen LogP) is 5.58. The first-order chi connectivity index (χ1) is 16.7. The highest BCUT2D eigenvalue weighted by Gasteiger charge is 2.52. The minimum absolute atomic E-state index is 0.244. The van der Waals surface area contributed by atoms with Gasteiger partial charge < -0.3 is 19.1 Å². The van der Waals surface area contributed by atoms with Gasteiger partial charge in [-0.05, 0) is 36.7 Å². The monoisotopic (exact) mass is 459 g/mol. The van der Waals surface area contributed by atoms with Crippen LogP contribution in [0.15, 0.2) is 78.9 Å². The van der Waals surface area contributed by atoms with E-state index in [9.17, 15) is 4.39 Å². The predicted molar refractivity (Wildman–Crippen MR) is 128 cm³/mol. The normalized spacial score (nSPS) is 25.5. The SMILES string of the molecule is Fc1ccc(C2(CCCN3CC[C@@]4(c5ccccc5)Oc5ccccc5[C@H]4C3)OCCO2)cc1. The van der Waals surface area contributed by atoms with Crippen molar-refractivity contribution in [2.75, 3.05) is 32.8 Å². The Labute approximate surface area is 200 Å². The van der Waals surface area contributed by atoms with Crippen LogP contribution in [0.2, 0.25) is 0 Å². The van der Waals surface area contributed by atoms with E-state index in [4.69, 9.17) is 14.2 Å². The van der Waals surface area contributed by atoms with Crippen LogP contribution in [0.3, 0.4) is 0 Å². The Morgan fingerprint density at radius 3 is 2.38 bits per heavy atom. The van der Waals surface area contributed by atoms with Crippen molar-refractivity contribution >= 4 is 0 Å². The quantitative estimate of drug-likeness (QED) is 0.481. The second-order valence-corrected chi connectivity index (χ2v) is 9.56. The van der Waals surface area contributed by atoms with Crippen molar-refractivity contribution in [2.45, 2.75) is 36.6 Å². The summed E-state index contributed by atoms with van der Waals surface area (Å²) in [6, 6.07) is 25.7. The molecule has 0 spiro atoms. The van der Waals surface area contributed by atoms with Crippen molar-refractivity contribution in [2.24, 2.45) is 0 Å². The van der Waals surface area contributed by atoms with Gasteiger partial charge in [-0.1, -0.05) is 60.7 Å². The van der Waals surface area contributed by atoms with E-state index >= 15 is 0 Å². The highest BCUT2D eigenvalue weighted by Crippen LogP contribution is 2.54. The molecule has 6 rings (SSSR count). The molecule has 0 aliphatic carbocycles. The van der Waals surface area contributed by atoms with Crippen molar-refractivity contribution in [3.8, 4) is 5.75 Å². The first-order valence-corrected chi connectivity index (χ1v) is 12.3. The Morgan fingerprint density at radius 1 is 0.853 bits per heavy atom. The van der Waals surface area contributed by atoms with E-state index in [1.807, 2.05) is 0 Å². The lowest BCUT2D eigenvalue weighted by Crippen LogP contribution is -2.49. The molecule has 0 N–H and O–H groups in total. The van der Waals surface area contributed by atoms with Crippen molar-refractivity contribution < 1.29 is 18.6 Å². The maximum absolute atomic E-state index is 13.5. The lowest BCUT2D eigenvalue weighted by atomic mass is 9.74. The van der Waals surface area contributed by atoms with Gasteiger partial charge in [0, 0.05) is 43.0 Å². The fourth-order valence-corrected chi connectivity index (χ4v) is 6.00. The number of halogens is 1. The summed E-state index contributed by atoms with van der Waals surface area (Å²) in [7, 11) is 0. The Morgan fingerprint density at radius 2 is 1.59 bits per heavy atom. The Balaban J connectivity index is 1.18. The van der Waals surface area contributed by atoms with Crippen LogP contribution in [0.4, 0.5) is 4.39 Å². The molecule has 4 nitrogen and oxygen atoms in total. The minimum atomic E-state index is -0.764. The summed E-state index contributed by atoms with van der Waals surface area (Å²) in [6.45, 7) is 4.02. The number of benzene rings is 3. The number of fused-ring (bicyclic) bond motifs is 3. The summed E-state index contributed by atoms with van der Waals surface area (Å²) in [6.07, 6.45) is 2.63. The van der Waals surface area contributed by atoms with Gasteiger partial charge >= 0.3 is 0 Å². The van der Waals surface area contributed by atoms with E-state index in [0.29, 0.717) is 19.1 Å². The molecule has 0 saturated carbocycles. The van der Waals surface area contributed by atoms with Crippen molar-refractivity contribution in [1.82, 2.24) is 4.90 Å². The van der Waals surface area contributed by atoms with Gasteiger partial charge in [-0.3, -0.25) is 0 Å². The molecule has 2 saturated heterocycles. The second-order valence-electron chi connectivity index (χ2n) is 9.56. The molecule has 5 heteroatoms. The van der Waals surface area contributed by atoms with Crippen LogP contribution in [0, 0.1) is 5.82 Å². The van der Waals surface area contributed by atoms with Crippen LogP contribution < -0.4 is 4.74 Å². The number of hydrogen-bond acceptors (Lipinski definition) is 4. The average molecular weight is 460 g/mol. The van der Waals surface area contributed by atoms with E-state index in [2.05, 4.69) is 59.5 Å². The second kappa shape index (κ2) is 8.81. The first kappa shape index (κ1) is 21.8. The molecule has 3 aromatic carbocycles. The maximum Gasteiger partial charge on any atom is 0.195 e. The first-order valence-electron chi connectivity index (χ1n) is 12.3.